The van der Waals surface area contributed by atoms with Gasteiger partial charge in [0.15, 0.2) is 6.10 Å². The Bertz CT molecular complexity index is 811. The van der Waals surface area contributed by atoms with E-state index in [2.05, 4.69) is 41.5 Å². The van der Waals surface area contributed by atoms with Crippen LogP contribution in [0.3, 0.4) is 0 Å². The van der Waals surface area contributed by atoms with Gasteiger partial charge in [-0.1, -0.05) is 202 Å². The van der Waals surface area contributed by atoms with Crippen molar-refractivity contribution >= 4 is 17.9 Å². The lowest BCUT2D eigenvalue weighted by atomic mass is 9.99. The average Bonchev–Trinajstić information content (AvgIpc) is 3.12. The highest BCUT2D eigenvalue weighted by atomic mass is 16.6. The first kappa shape index (κ1) is 50.4. The van der Waals surface area contributed by atoms with Crippen molar-refractivity contribution in [3.05, 3.63) is 0 Å². The maximum absolute atomic E-state index is 12.7. The first-order valence-electron chi connectivity index (χ1n) is 22.7. The highest BCUT2D eigenvalue weighted by molar-refractivity contribution is 5.71. The first-order chi connectivity index (χ1) is 25.2. The van der Waals surface area contributed by atoms with Crippen molar-refractivity contribution in [2.24, 2.45) is 17.8 Å². The number of carbonyl (C=O) groups excluding carboxylic acids is 3. The molecule has 0 amide bonds. The molecule has 0 aliphatic carbocycles. The van der Waals surface area contributed by atoms with Crippen LogP contribution in [-0.2, 0) is 28.6 Å². The number of esters is 3. The van der Waals surface area contributed by atoms with Gasteiger partial charge in [0.05, 0.1) is 0 Å². The summed E-state index contributed by atoms with van der Waals surface area (Å²) in [5.74, 6) is 1.61. The van der Waals surface area contributed by atoms with E-state index in [9.17, 15) is 14.4 Å². The highest BCUT2D eigenvalue weighted by Crippen LogP contribution is 2.17. The van der Waals surface area contributed by atoms with Gasteiger partial charge in [0.2, 0.25) is 0 Å². The Hall–Kier alpha value is -1.59. The van der Waals surface area contributed by atoms with E-state index in [1.807, 2.05) is 0 Å². The SMILES string of the molecule is CCC(C)CCCCCCCCCCC(=O)OC[C@@H](COC(=O)CCCCCCCCCC(C)C)OC(=O)CCCCCCCCCCC(C)CC. The molecule has 6 heteroatoms. The van der Waals surface area contributed by atoms with Gasteiger partial charge in [-0.3, -0.25) is 14.4 Å². The molecule has 0 aromatic rings. The Balaban J connectivity index is 4.37. The van der Waals surface area contributed by atoms with Gasteiger partial charge in [0.25, 0.3) is 0 Å². The molecule has 308 valence electrons. The zero-order chi connectivity index (χ0) is 38.5. The minimum absolute atomic E-state index is 0.0671. The molecule has 0 saturated heterocycles. The summed E-state index contributed by atoms with van der Waals surface area (Å²) < 4.78 is 16.7. The summed E-state index contributed by atoms with van der Waals surface area (Å²) in [6.45, 7) is 13.6. The third kappa shape index (κ3) is 36.8. The largest absolute Gasteiger partial charge is 0.462 e. The van der Waals surface area contributed by atoms with Crippen LogP contribution in [0.5, 0.6) is 0 Å². The second kappa shape index (κ2) is 37.7. The van der Waals surface area contributed by atoms with Gasteiger partial charge in [-0.15, -0.1) is 0 Å². The van der Waals surface area contributed by atoms with Crippen LogP contribution in [0.15, 0.2) is 0 Å². The highest BCUT2D eigenvalue weighted by Gasteiger charge is 2.19. The Kier molecular flexibility index (Phi) is 36.6. The molecule has 3 atom stereocenters. The van der Waals surface area contributed by atoms with Crippen LogP contribution in [0.4, 0.5) is 0 Å². The van der Waals surface area contributed by atoms with E-state index in [1.54, 1.807) is 0 Å². The Morgan fingerprint density at radius 3 is 1.00 bits per heavy atom. The number of hydrogen-bond acceptors (Lipinski definition) is 6. The van der Waals surface area contributed by atoms with Crippen molar-refractivity contribution in [3.63, 3.8) is 0 Å². The van der Waals surface area contributed by atoms with Crippen molar-refractivity contribution < 1.29 is 28.6 Å². The molecule has 0 bridgehead atoms. The lowest BCUT2D eigenvalue weighted by Crippen LogP contribution is -2.30. The molecule has 0 aliphatic heterocycles. The molecule has 0 rings (SSSR count). The summed E-state index contributed by atoms with van der Waals surface area (Å²) in [6, 6.07) is 0. The van der Waals surface area contributed by atoms with Gasteiger partial charge in [-0.25, -0.2) is 0 Å². The predicted molar refractivity (Wildman–Crippen MR) is 219 cm³/mol. The average molecular weight is 737 g/mol. The van der Waals surface area contributed by atoms with Crippen LogP contribution in [0.25, 0.3) is 0 Å². The molecule has 0 saturated carbocycles. The third-order valence-electron chi connectivity index (χ3n) is 10.9. The maximum Gasteiger partial charge on any atom is 0.306 e. The van der Waals surface area contributed by atoms with Crippen molar-refractivity contribution in [1.82, 2.24) is 0 Å². The molecule has 0 radical (unpaired) electrons. The van der Waals surface area contributed by atoms with Crippen molar-refractivity contribution in [3.8, 4) is 0 Å². The molecule has 6 nitrogen and oxygen atoms in total. The number of rotatable bonds is 39. The maximum atomic E-state index is 12.7. The molecule has 0 aromatic heterocycles. The molecule has 0 fully saturated rings. The second-order valence-corrected chi connectivity index (χ2v) is 16.6. The van der Waals surface area contributed by atoms with Crippen LogP contribution in [0, 0.1) is 17.8 Å². The summed E-state index contributed by atoms with van der Waals surface area (Å²) in [4.78, 5) is 37.7. The molecular formula is C46H88O6. The van der Waals surface area contributed by atoms with Crippen molar-refractivity contribution in [1.29, 1.82) is 0 Å². The normalized spacial score (nSPS) is 13.2. The van der Waals surface area contributed by atoms with Crippen molar-refractivity contribution in [2.75, 3.05) is 13.2 Å². The van der Waals surface area contributed by atoms with Gasteiger partial charge in [-0.05, 0) is 37.0 Å². The number of carbonyl (C=O) groups is 3. The lowest BCUT2D eigenvalue weighted by Gasteiger charge is -2.18. The van der Waals surface area contributed by atoms with Crippen LogP contribution in [-0.4, -0.2) is 37.2 Å². The number of ether oxygens (including phenoxy) is 3. The molecule has 0 heterocycles. The van der Waals surface area contributed by atoms with E-state index in [-0.39, 0.29) is 31.1 Å². The van der Waals surface area contributed by atoms with Crippen molar-refractivity contribution in [2.45, 2.75) is 247 Å². The first-order valence-corrected chi connectivity index (χ1v) is 22.7. The van der Waals surface area contributed by atoms with Crippen LogP contribution < -0.4 is 0 Å². The topological polar surface area (TPSA) is 78.9 Å². The quantitative estimate of drug-likeness (QED) is 0.0355. The number of unbranched alkanes of at least 4 members (excludes halogenated alkanes) is 20. The fourth-order valence-corrected chi connectivity index (χ4v) is 6.64. The van der Waals surface area contributed by atoms with Crippen LogP contribution >= 0.6 is 0 Å². The Morgan fingerprint density at radius 1 is 0.385 bits per heavy atom. The zero-order valence-electron chi connectivity index (χ0n) is 35.6. The molecule has 0 spiro atoms. The summed E-state index contributed by atoms with van der Waals surface area (Å²) in [5.41, 5.74) is 0. The molecule has 0 aliphatic rings. The number of hydrogen-bond donors (Lipinski definition) is 0. The van der Waals surface area contributed by atoms with Crippen LogP contribution in [0.2, 0.25) is 0 Å². The van der Waals surface area contributed by atoms with E-state index in [0.717, 1.165) is 75.5 Å². The van der Waals surface area contributed by atoms with Gasteiger partial charge in [0.1, 0.15) is 13.2 Å². The Labute approximate surface area is 323 Å². The fraction of sp³-hybridized carbons (Fsp3) is 0.935. The van der Waals surface area contributed by atoms with E-state index in [0.29, 0.717) is 19.3 Å². The minimum Gasteiger partial charge on any atom is -0.462 e. The van der Waals surface area contributed by atoms with Gasteiger partial charge < -0.3 is 14.2 Å². The van der Waals surface area contributed by atoms with Gasteiger partial charge in [0, 0.05) is 19.3 Å². The lowest BCUT2D eigenvalue weighted by molar-refractivity contribution is -0.167. The monoisotopic (exact) mass is 737 g/mol. The molecule has 0 aromatic carbocycles. The van der Waals surface area contributed by atoms with E-state index < -0.39 is 6.10 Å². The third-order valence-corrected chi connectivity index (χ3v) is 10.9. The summed E-state index contributed by atoms with van der Waals surface area (Å²) in [6.07, 6.45) is 33.7. The summed E-state index contributed by atoms with van der Waals surface area (Å²) >= 11 is 0. The van der Waals surface area contributed by atoms with E-state index in [1.165, 1.54) is 122 Å². The smallest absolute Gasteiger partial charge is 0.306 e. The molecule has 2 unspecified atom stereocenters. The predicted octanol–water partition coefficient (Wildman–Crippen LogP) is 14.0. The van der Waals surface area contributed by atoms with E-state index >= 15 is 0 Å². The Morgan fingerprint density at radius 2 is 0.673 bits per heavy atom. The second-order valence-electron chi connectivity index (χ2n) is 16.6. The molecular weight excluding hydrogens is 648 g/mol. The standard InChI is InChI=1S/C46H88O6/c1-7-41(5)33-27-21-15-9-11-17-23-29-35-44(47)50-38-43(39-51-45(48)36-30-24-19-13-14-20-26-32-40(3)4)52-46(49)37-31-25-18-12-10-16-22-28-34-42(6)8-2/h40-43H,7-39H2,1-6H3/t41?,42?,43-/m0/s1. The van der Waals surface area contributed by atoms with Gasteiger partial charge in [-0.2, -0.15) is 0 Å². The zero-order valence-corrected chi connectivity index (χ0v) is 35.6. The fourth-order valence-electron chi connectivity index (χ4n) is 6.64. The van der Waals surface area contributed by atoms with Gasteiger partial charge >= 0.3 is 17.9 Å². The summed E-state index contributed by atoms with van der Waals surface area (Å²) in [7, 11) is 0. The molecule has 0 N–H and O–H groups in total. The summed E-state index contributed by atoms with van der Waals surface area (Å²) in [5, 5.41) is 0. The minimum atomic E-state index is -0.762. The van der Waals surface area contributed by atoms with E-state index in [4.69, 9.17) is 14.2 Å². The van der Waals surface area contributed by atoms with Crippen LogP contribution in [0.1, 0.15) is 241 Å². The molecule has 52 heavy (non-hydrogen) atoms.